The van der Waals surface area contributed by atoms with Gasteiger partial charge in [0.05, 0.1) is 0 Å². The van der Waals surface area contributed by atoms with E-state index >= 15 is 0 Å². The summed E-state index contributed by atoms with van der Waals surface area (Å²) in [6, 6.07) is 10.4. The van der Waals surface area contributed by atoms with Gasteiger partial charge in [0.15, 0.2) is 5.96 Å². The second kappa shape index (κ2) is 5.91. The van der Waals surface area contributed by atoms with Gasteiger partial charge in [0.25, 0.3) is 0 Å². The molecule has 1 aromatic carbocycles. The molecule has 0 saturated heterocycles. The summed E-state index contributed by atoms with van der Waals surface area (Å²) in [4.78, 5) is 7.61. The Bertz CT molecular complexity index is 521. The number of nitrogens with two attached hydrogens (primary N) is 1. The molecule has 2 rings (SSSR count). The zero-order valence-corrected chi connectivity index (χ0v) is 10.3. The number of H-pyrrole nitrogens is 1. The zero-order valence-electron chi connectivity index (χ0n) is 10.3. The summed E-state index contributed by atoms with van der Waals surface area (Å²) in [5, 5.41) is 4.18. The molecule has 18 heavy (non-hydrogen) atoms. The highest BCUT2D eigenvalue weighted by atomic mass is 15.1. The van der Waals surface area contributed by atoms with Gasteiger partial charge in [-0.3, -0.25) is 4.99 Å². The lowest BCUT2D eigenvalue weighted by Crippen LogP contribution is -2.31. The number of nitrogens with zero attached hydrogens (tertiary/aromatic N) is 1. The van der Waals surface area contributed by atoms with Crippen molar-refractivity contribution in [2.24, 2.45) is 10.7 Å². The maximum atomic E-state index is 5.68. The van der Waals surface area contributed by atoms with E-state index in [-0.39, 0.29) is 0 Å². The molecule has 4 nitrogen and oxygen atoms in total. The molecule has 4 heteroatoms. The molecule has 4 N–H and O–H groups in total. The third-order valence-electron chi connectivity index (χ3n) is 2.68. The smallest absolute Gasteiger partial charge is 0.188 e. The van der Waals surface area contributed by atoms with Gasteiger partial charge in [0, 0.05) is 30.7 Å². The lowest BCUT2D eigenvalue weighted by molar-refractivity contribution is 0.911. The number of nitrogens with one attached hydrogen (secondary N) is 2. The number of aromatic nitrogens is 1. The quantitative estimate of drug-likeness (QED) is 0.425. The van der Waals surface area contributed by atoms with E-state index in [1.165, 1.54) is 11.1 Å². The third-order valence-corrected chi connectivity index (χ3v) is 2.68. The van der Waals surface area contributed by atoms with Crippen LogP contribution < -0.4 is 11.1 Å². The van der Waals surface area contributed by atoms with Crippen LogP contribution in [0, 0.1) is 0 Å². The molecule has 0 saturated carbocycles. The minimum absolute atomic E-state index is 0.464. The van der Waals surface area contributed by atoms with Gasteiger partial charge < -0.3 is 16.0 Å². The highest BCUT2D eigenvalue weighted by molar-refractivity contribution is 5.80. The summed E-state index contributed by atoms with van der Waals surface area (Å²) >= 11 is 0. The number of fused-ring (bicyclic) bond motifs is 1. The first-order valence-electron chi connectivity index (χ1n) is 6.01. The highest BCUT2D eigenvalue weighted by Crippen LogP contribution is 2.14. The summed E-state index contributed by atoms with van der Waals surface area (Å²) in [5.74, 6) is 0.464. The van der Waals surface area contributed by atoms with Crippen LogP contribution in [-0.4, -0.2) is 24.0 Å². The van der Waals surface area contributed by atoms with Crippen LogP contribution in [0.3, 0.4) is 0 Å². The second-order valence-corrected chi connectivity index (χ2v) is 4.07. The van der Waals surface area contributed by atoms with Crippen LogP contribution >= 0.6 is 0 Å². The van der Waals surface area contributed by atoms with Crippen molar-refractivity contribution in [3.63, 3.8) is 0 Å². The van der Waals surface area contributed by atoms with Crippen LogP contribution in [-0.2, 0) is 6.42 Å². The van der Waals surface area contributed by atoms with Crippen molar-refractivity contribution < 1.29 is 0 Å². The van der Waals surface area contributed by atoms with E-state index in [1.807, 2.05) is 12.1 Å². The first-order valence-corrected chi connectivity index (χ1v) is 6.01. The average Bonchev–Trinajstić information content (AvgIpc) is 2.79. The molecule has 0 spiro atoms. The Kier molecular flexibility index (Phi) is 4.02. The number of aromatic amines is 1. The number of hydrogen-bond donors (Lipinski definition) is 3. The maximum absolute atomic E-state index is 5.68. The first-order chi connectivity index (χ1) is 8.79. The Morgan fingerprint density at radius 1 is 1.44 bits per heavy atom. The number of rotatable bonds is 5. The summed E-state index contributed by atoms with van der Waals surface area (Å²) in [7, 11) is 0. The zero-order chi connectivity index (χ0) is 12.8. The van der Waals surface area contributed by atoms with E-state index in [2.05, 4.69) is 40.1 Å². The molecule has 0 fully saturated rings. The average molecular weight is 242 g/mol. The van der Waals surface area contributed by atoms with Gasteiger partial charge in [-0.2, -0.15) is 0 Å². The number of guanidine groups is 1. The van der Waals surface area contributed by atoms with Crippen molar-refractivity contribution >= 4 is 16.9 Å². The normalized spacial score (nSPS) is 11.7. The van der Waals surface area contributed by atoms with Crippen molar-refractivity contribution in [3.05, 3.63) is 48.7 Å². The van der Waals surface area contributed by atoms with E-state index in [1.54, 1.807) is 6.08 Å². The van der Waals surface area contributed by atoms with Crippen LogP contribution in [0.5, 0.6) is 0 Å². The van der Waals surface area contributed by atoms with Crippen molar-refractivity contribution in [1.82, 2.24) is 10.3 Å². The molecule has 0 aliphatic rings. The molecule has 0 amide bonds. The molecule has 1 heterocycles. The van der Waals surface area contributed by atoms with Gasteiger partial charge in [-0.05, 0) is 17.5 Å². The monoisotopic (exact) mass is 242 g/mol. The van der Waals surface area contributed by atoms with Gasteiger partial charge in [0.2, 0.25) is 0 Å². The van der Waals surface area contributed by atoms with Crippen LogP contribution in [0.25, 0.3) is 10.9 Å². The standard InChI is InChI=1S/C14H18N4/c1-2-8-16-14(15)17-9-7-12-10-11-5-3-4-6-13(11)18-12/h2-6,10,18H,1,7-9H2,(H3,15,16,17). The number of hydrogen-bond acceptors (Lipinski definition) is 1. The Balaban J connectivity index is 1.92. The van der Waals surface area contributed by atoms with E-state index in [9.17, 15) is 0 Å². The fraction of sp³-hybridized carbons (Fsp3) is 0.214. The second-order valence-electron chi connectivity index (χ2n) is 4.07. The van der Waals surface area contributed by atoms with E-state index in [0.29, 0.717) is 19.0 Å². The predicted octanol–water partition coefficient (Wildman–Crippen LogP) is 1.80. The fourth-order valence-corrected chi connectivity index (χ4v) is 1.80. The predicted molar refractivity (Wildman–Crippen MR) is 76.7 cm³/mol. The highest BCUT2D eigenvalue weighted by Gasteiger charge is 1.99. The van der Waals surface area contributed by atoms with Crippen molar-refractivity contribution in [2.45, 2.75) is 6.42 Å². The summed E-state index contributed by atoms with van der Waals surface area (Å²) in [6.45, 7) is 4.92. The van der Waals surface area contributed by atoms with Crippen LogP contribution in [0.2, 0.25) is 0 Å². The molecular formula is C14H18N4. The van der Waals surface area contributed by atoms with Gasteiger partial charge in [-0.1, -0.05) is 24.3 Å². The SMILES string of the molecule is C=CCNC(N)=NCCc1cc2ccccc2[nH]1. The molecule has 94 valence electrons. The molecule has 0 bridgehead atoms. The van der Waals surface area contributed by atoms with E-state index < -0.39 is 0 Å². The number of para-hydroxylation sites is 1. The molecule has 0 unspecified atom stereocenters. The summed E-state index contributed by atoms with van der Waals surface area (Å²) in [6.07, 6.45) is 2.60. The van der Waals surface area contributed by atoms with Crippen molar-refractivity contribution in [1.29, 1.82) is 0 Å². The van der Waals surface area contributed by atoms with Crippen molar-refractivity contribution in [3.8, 4) is 0 Å². The Labute approximate surface area is 107 Å². The first kappa shape index (κ1) is 12.2. The lowest BCUT2D eigenvalue weighted by atomic mass is 10.2. The van der Waals surface area contributed by atoms with Crippen LogP contribution in [0.4, 0.5) is 0 Å². The van der Waals surface area contributed by atoms with Crippen LogP contribution in [0.15, 0.2) is 48.0 Å². The molecular weight excluding hydrogens is 224 g/mol. The van der Waals surface area contributed by atoms with E-state index in [0.717, 1.165) is 11.9 Å². The Morgan fingerprint density at radius 3 is 3.06 bits per heavy atom. The summed E-state index contributed by atoms with van der Waals surface area (Å²) in [5.41, 5.74) is 8.02. The van der Waals surface area contributed by atoms with Gasteiger partial charge in [0.1, 0.15) is 0 Å². The molecule has 0 aliphatic carbocycles. The van der Waals surface area contributed by atoms with E-state index in [4.69, 9.17) is 5.73 Å². The molecule has 2 aromatic rings. The Hall–Kier alpha value is -2.23. The largest absolute Gasteiger partial charge is 0.370 e. The topological polar surface area (TPSA) is 66.2 Å². The molecule has 0 radical (unpaired) electrons. The Morgan fingerprint density at radius 2 is 2.28 bits per heavy atom. The minimum Gasteiger partial charge on any atom is -0.370 e. The fourth-order valence-electron chi connectivity index (χ4n) is 1.80. The van der Waals surface area contributed by atoms with Gasteiger partial charge >= 0.3 is 0 Å². The van der Waals surface area contributed by atoms with Crippen molar-refractivity contribution in [2.75, 3.05) is 13.1 Å². The lowest BCUT2D eigenvalue weighted by Gasteiger charge is -2.01. The maximum Gasteiger partial charge on any atom is 0.188 e. The molecule has 0 atom stereocenters. The van der Waals surface area contributed by atoms with Gasteiger partial charge in [-0.25, -0.2) is 0 Å². The van der Waals surface area contributed by atoms with Gasteiger partial charge in [-0.15, -0.1) is 6.58 Å². The molecule has 0 aliphatic heterocycles. The minimum atomic E-state index is 0.464. The number of aliphatic imine (C=N–C) groups is 1. The number of benzene rings is 1. The third kappa shape index (κ3) is 3.13. The summed E-state index contributed by atoms with van der Waals surface area (Å²) < 4.78 is 0. The van der Waals surface area contributed by atoms with Crippen LogP contribution in [0.1, 0.15) is 5.69 Å². The molecule has 1 aromatic heterocycles.